The molecule has 0 aliphatic heterocycles. The lowest BCUT2D eigenvalue weighted by Crippen LogP contribution is -2.18. The molecule has 0 unspecified atom stereocenters. The molecule has 0 saturated carbocycles. The lowest BCUT2D eigenvalue weighted by Gasteiger charge is -2.10. The second-order valence-electron chi connectivity index (χ2n) is 4.80. The Kier molecular flexibility index (Phi) is 4.65. The van der Waals surface area contributed by atoms with Crippen LogP contribution in [0.5, 0.6) is 0 Å². The van der Waals surface area contributed by atoms with E-state index < -0.39 is 5.91 Å². The molecule has 2 rings (SSSR count). The van der Waals surface area contributed by atoms with E-state index in [-0.39, 0.29) is 17.3 Å². The highest BCUT2D eigenvalue weighted by Gasteiger charge is 2.15. The molecule has 0 spiro atoms. The first-order valence-corrected chi connectivity index (χ1v) is 7.02. The zero-order valence-electron chi connectivity index (χ0n) is 11.5. The van der Waals surface area contributed by atoms with E-state index in [0.717, 1.165) is 0 Å². The minimum Gasteiger partial charge on any atom is -0.396 e. The van der Waals surface area contributed by atoms with Gasteiger partial charge in [-0.2, -0.15) is 0 Å². The number of nitrogens with zero attached hydrogens (tertiary/aromatic N) is 2. The van der Waals surface area contributed by atoms with Crippen molar-refractivity contribution in [3.63, 3.8) is 0 Å². The number of anilines is 2. The monoisotopic (exact) mass is 324 g/mol. The molecule has 0 saturated heterocycles. The highest BCUT2D eigenvalue weighted by Crippen LogP contribution is 2.23. The van der Waals surface area contributed by atoms with Crippen molar-refractivity contribution in [2.75, 3.05) is 11.1 Å². The fraction of sp³-hybridized carbons (Fsp3) is 0.214. The Balaban J connectivity index is 2.29. The Morgan fingerprint density at radius 1 is 1.24 bits per heavy atom. The fourth-order valence-corrected chi connectivity index (χ4v) is 2.21. The van der Waals surface area contributed by atoms with Crippen molar-refractivity contribution in [1.82, 2.24) is 9.97 Å². The van der Waals surface area contributed by atoms with Gasteiger partial charge in [0.2, 0.25) is 0 Å². The van der Waals surface area contributed by atoms with Gasteiger partial charge in [0.15, 0.2) is 5.69 Å². The molecule has 1 amide bonds. The summed E-state index contributed by atoms with van der Waals surface area (Å²) in [5.41, 5.74) is 6.58. The lowest BCUT2D eigenvalue weighted by molar-refractivity contribution is 0.102. The third-order valence-corrected chi connectivity index (χ3v) is 3.12. The number of hydrogen-bond donors (Lipinski definition) is 2. The van der Waals surface area contributed by atoms with Crippen molar-refractivity contribution in [1.29, 1.82) is 0 Å². The SMILES string of the molecule is CC(C)c1ncc(N)c(C(=O)Nc2cc(Cl)cc(Cl)c2)n1. The zero-order valence-corrected chi connectivity index (χ0v) is 13.0. The van der Waals surface area contributed by atoms with Crippen LogP contribution >= 0.6 is 23.2 Å². The normalized spacial score (nSPS) is 10.7. The average Bonchev–Trinajstić information content (AvgIpc) is 2.37. The Morgan fingerprint density at radius 2 is 1.86 bits per heavy atom. The van der Waals surface area contributed by atoms with E-state index in [4.69, 9.17) is 28.9 Å². The molecule has 0 fully saturated rings. The number of halogens is 2. The summed E-state index contributed by atoms with van der Waals surface area (Å²) in [7, 11) is 0. The summed E-state index contributed by atoms with van der Waals surface area (Å²) in [6, 6.07) is 4.76. The molecule has 0 aliphatic carbocycles. The van der Waals surface area contributed by atoms with Crippen LogP contribution in [0.2, 0.25) is 10.0 Å². The number of carbonyl (C=O) groups excluding carboxylic acids is 1. The van der Waals surface area contributed by atoms with Crippen molar-refractivity contribution < 1.29 is 4.79 Å². The van der Waals surface area contributed by atoms with E-state index in [2.05, 4.69) is 15.3 Å². The van der Waals surface area contributed by atoms with E-state index in [9.17, 15) is 4.79 Å². The maximum atomic E-state index is 12.3. The van der Waals surface area contributed by atoms with Gasteiger partial charge in [0.25, 0.3) is 5.91 Å². The third-order valence-electron chi connectivity index (χ3n) is 2.69. The van der Waals surface area contributed by atoms with Crippen molar-refractivity contribution in [2.24, 2.45) is 0 Å². The van der Waals surface area contributed by atoms with Gasteiger partial charge in [0.1, 0.15) is 5.82 Å². The van der Waals surface area contributed by atoms with Crippen LogP contribution in [0.1, 0.15) is 36.1 Å². The quantitative estimate of drug-likeness (QED) is 0.901. The molecule has 1 aromatic heterocycles. The van der Waals surface area contributed by atoms with E-state index in [1.807, 2.05) is 13.8 Å². The van der Waals surface area contributed by atoms with Crippen LogP contribution < -0.4 is 11.1 Å². The minimum atomic E-state index is -0.435. The zero-order chi connectivity index (χ0) is 15.6. The molecular formula is C14H14Cl2N4O. The molecular weight excluding hydrogens is 311 g/mol. The number of hydrogen-bond acceptors (Lipinski definition) is 4. The standard InChI is InChI=1S/C14H14Cl2N4O/c1-7(2)13-18-6-11(17)12(20-13)14(21)19-10-4-8(15)3-9(16)5-10/h3-7H,17H2,1-2H3,(H,19,21). The summed E-state index contributed by atoms with van der Waals surface area (Å²) in [5.74, 6) is 0.214. The van der Waals surface area contributed by atoms with Crippen molar-refractivity contribution in [3.8, 4) is 0 Å². The largest absolute Gasteiger partial charge is 0.396 e. The Bertz CT molecular complexity index is 668. The first kappa shape index (κ1) is 15.5. The minimum absolute atomic E-state index is 0.0952. The van der Waals surface area contributed by atoms with Gasteiger partial charge in [-0.3, -0.25) is 4.79 Å². The van der Waals surface area contributed by atoms with Crippen molar-refractivity contribution in [2.45, 2.75) is 19.8 Å². The molecule has 110 valence electrons. The summed E-state index contributed by atoms with van der Waals surface area (Å²) < 4.78 is 0. The van der Waals surface area contributed by atoms with E-state index in [1.54, 1.807) is 18.2 Å². The number of carbonyl (C=O) groups is 1. The summed E-state index contributed by atoms with van der Waals surface area (Å²) in [6.07, 6.45) is 1.43. The summed E-state index contributed by atoms with van der Waals surface area (Å²) in [6.45, 7) is 3.87. The molecule has 21 heavy (non-hydrogen) atoms. The Labute approximate surface area is 132 Å². The number of nitrogens with two attached hydrogens (primary N) is 1. The highest BCUT2D eigenvalue weighted by atomic mass is 35.5. The third kappa shape index (κ3) is 3.83. The predicted molar refractivity (Wildman–Crippen MR) is 84.9 cm³/mol. The van der Waals surface area contributed by atoms with Crippen molar-refractivity contribution >= 4 is 40.5 Å². The molecule has 0 bridgehead atoms. The molecule has 3 N–H and O–H groups in total. The lowest BCUT2D eigenvalue weighted by atomic mass is 10.2. The maximum Gasteiger partial charge on any atom is 0.276 e. The summed E-state index contributed by atoms with van der Waals surface area (Å²) >= 11 is 11.8. The van der Waals surface area contributed by atoms with Crippen LogP contribution in [0.15, 0.2) is 24.4 Å². The number of rotatable bonds is 3. The van der Waals surface area contributed by atoms with Crippen LogP contribution in [0.3, 0.4) is 0 Å². The second-order valence-corrected chi connectivity index (χ2v) is 5.67. The topological polar surface area (TPSA) is 80.9 Å². The van der Waals surface area contributed by atoms with Gasteiger partial charge in [-0.05, 0) is 18.2 Å². The van der Waals surface area contributed by atoms with Gasteiger partial charge in [0.05, 0.1) is 11.9 Å². The number of nitrogens with one attached hydrogen (secondary N) is 1. The Hall–Kier alpha value is -1.85. The average molecular weight is 325 g/mol. The number of nitrogen functional groups attached to an aromatic ring is 1. The number of aromatic nitrogens is 2. The van der Waals surface area contributed by atoms with Gasteiger partial charge in [-0.1, -0.05) is 37.0 Å². The second kappa shape index (κ2) is 6.28. The molecule has 5 nitrogen and oxygen atoms in total. The van der Waals surface area contributed by atoms with Crippen LogP contribution in [0.4, 0.5) is 11.4 Å². The summed E-state index contributed by atoms with van der Waals surface area (Å²) in [4.78, 5) is 20.6. The van der Waals surface area contributed by atoms with Crippen LogP contribution in [-0.2, 0) is 0 Å². The smallest absolute Gasteiger partial charge is 0.276 e. The molecule has 1 aromatic carbocycles. The predicted octanol–water partition coefficient (Wildman–Crippen LogP) is 3.74. The van der Waals surface area contributed by atoms with Crippen LogP contribution in [-0.4, -0.2) is 15.9 Å². The molecule has 7 heteroatoms. The van der Waals surface area contributed by atoms with Gasteiger partial charge < -0.3 is 11.1 Å². The van der Waals surface area contributed by atoms with Crippen LogP contribution in [0.25, 0.3) is 0 Å². The first-order chi connectivity index (χ1) is 9.86. The maximum absolute atomic E-state index is 12.3. The van der Waals surface area contributed by atoms with Gasteiger partial charge in [0, 0.05) is 21.7 Å². The van der Waals surface area contributed by atoms with Crippen LogP contribution in [0, 0.1) is 0 Å². The molecule has 0 atom stereocenters. The van der Waals surface area contributed by atoms with Gasteiger partial charge >= 0.3 is 0 Å². The molecule has 1 heterocycles. The summed E-state index contributed by atoms with van der Waals surface area (Å²) in [5, 5.41) is 3.52. The van der Waals surface area contributed by atoms with E-state index in [0.29, 0.717) is 21.6 Å². The first-order valence-electron chi connectivity index (χ1n) is 6.26. The van der Waals surface area contributed by atoms with E-state index >= 15 is 0 Å². The van der Waals surface area contributed by atoms with E-state index in [1.165, 1.54) is 6.20 Å². The molecule has 0 radical (unpaired) electrons. The number of benzene rings is 1. The molecule has 0 aliphatic rings. The van der Waals surface area contributed by atoms with Gasteiger partial charge in [-0.15, -0.1) is 0 Å². The number of amides is 1. The Morgan fingerprint density at radius 3 is 2.43 bits per heavy atom. The fourth-order valence-electron chi connectivity index (χ4n) is 1.68. The molecule has 2 aromatic rings. The van der Waals surface area contributed by atoms with Gasteiger partial charge in [-0.25, -0.2) is 9.97 Å². The van der Waals surface area contributed by atoms with Crippen molar-refractivity contribution in [3.05, 3.63) is 46.0 Å². The highest BCUT2D eigenvalue weighted by molar-refractivity contribution is 6.35.